The van der Waals surface area contributed by atoms with Crippen LogP contribution in [0.4, 0.5) is 8.78 Å². The highest BCUT2D eigenvalue weighted by Gasteiger charge is 2.11. The summed E-state index contributed by atoms with van der Waals surface area (Å²) in [4.78, 5) is 15.5. The molecule has 3 aromatic rings. The number of rotatable bonds is 2. The van der Waals surface area contributed by atoms with Crippen LogP contribution >= 0.6 is 0 Å². The number of nitrogens with zero attached hydrogens (tertiary/aromatic N) is 2. The lowest BCUT2D eigenvalue weighted by molar-refractivity contribution is 0.476. The molecule has 0 fully saturated rings. The van der Waals surface area contributed by atoms with E-state index in [9.17, 15) is 18.7 Å². The summed E-state index contributed by atoms with van der Waals surface area (Å²) in [5.74, 6) is -1.33. The first-order valence-corrected chi connectivity index (χ1v) is 7.58. The van der Waals surface area contributed by atoms with Crippen LogP contribution in [0.15, 0.2) is 41.5 Å². The third-order valence-corrected chi connectivity index (χ3v) is 3.55. The van der Waals surface area contributed by atoms with Crippen molar-refractivity contribution in [2.75, 3.05) is 0 Å². The molecule has 1 aromatic heterocycles. The fourth-order valence-electron chi connectivity index (χ4n) is 2.43. The van der Waals surface area contributed by atoms with Gasteiger partial charge in [-0.2, -0.15) is 4.98 Å². The lowest BCUT2D eigenvalue weighted by atomic mass is 10.1. The smallest absolute Gasteiger partial charge is 0.280 e. The summed E-state index contributed by atoms with van der Waals surface area (Å²) in [6.07, 6.45) is 1.31. The SMILES string of the molecule is CC.Cc1cc(F)cc(F)c1Cn1cnc(=O)c2cc(O)ccc21. The molecule has 0 aliphatic rings. The number of hydrogen-bond donors (Lipinski definition) is 1. The summed E-state index contributed by atoms with van der Waals surface area (Å²) in [6.45, 7) is 5.72. The molecule has 24 heavy (non-hydrogen) atoms. The maximum absolute atomic E-state index is 14.0. The fourth-order valence-corrected chi connectivity index (χ4v) is 2.43. The molecule has 6 heteroatoms. The van der Waals surface area contributed by atoms with Crippen molar-refractivity contribution in [3.05, 3.63) is 69.8 Å². The molecule has 2 aromatic carbocycles. The highest BCUT2D eigenvalue weighted by atomic mass is 19.1. The van der Waals surface area contributed by atoms with Crippen LogP contribution in [0.3, 0.4) is 0 Å². The monoisotopic (exact) mass is 332 g/mol. The zero-order chi connectivity index (χ0) is 17.9. The van der Waals surface area contributed by atoms with E-state index in [1.165, 1.54) is 24.5 Å². The lowest BCUT2D eigenvalue weighted by Crippen LogP contribution is -2.14. The number of hydrogen-bond acceptors (Lipinski definition) is 3. The molecule has 0 spiro atoms. The van der Waals surface area contributed by atoms with Gasteiger partial charge in [0, 0.05) is 11.6 Å². The molecule has 3 rings (SSSR count). The maximum Gasteiger partial charge on any atom is 0.280 e. The van der Waals surface area contributed by atoms with E-state index in [0.29, 0.717) is 16.6 Å². The number of aromatic hydroxyl groups is 1. The Morgan fingerprint density at radius 1 is 1.17 bits per heavy atom. The Bertz CT molecular complexity index is 913. The zero-order valence-corrected chi connectivity index (χ0v) is 13.7. The van der Waals surface area contributed by atoms with E-state index >= 15 is 0 Å². The molecule has 0 atom stereocenters. The van der Waals surface area contributed by atoms with Crippen LogP contribution in [-0.4, -0.2) is 14.7 Å². The summed E-state index contributed by atoms with van der Waals surface area (Å²) < 4.78 is 28.7. The zero-order valence-electron chi connectivity index (χ0n) is 13.7. The first kappa shape index (κ1) is 17.6. The second-order valence-electron chi connectivity index (χ2n) is 5.06. The van der Waals surface area contributed by atoms with Crippen molar-refractivity contribution in [2.24, 2.45) is 0 Å². The minimum atomic E-state index is -0.650. The molecule has 0 bridgehead atoms. The topological polar surface area (TPSA) is 55.1 Å². The van der Waals surface area contributed by atoms with Crippen molar-refractivity contribution in [3.8, 4) is 5.75 Å². The summed E-state index contributed by atoms with van der Waals surface area (Å²) in [6, 6.07) is 6.39. The van der Waals surface area contributed by atoms with Gasteiger partial charge in [-0.05, 0) is 36.8 Å². The van der Waals surface area contributed by atoms with Gasteiger partial charge in [0.25, 0.3) is 5.56 Å². The third-order valence-electron chi connectivity index (χ3n) is 3.55. The highest BCUT2D eigenvalue weighted by molar-refractivity contribution is 5.79. The van der Waals surface area contributed by atoms with Gasteiger partial charge in [-0.25, -0.2) is 8.78 Å². The molecule has 1 heterocycles. The number of aromatic nitrogens is 2. The Labute approximate surface area is 138 Å². The number of aryl methyl sites for hydroxylation is 1. The average molecular weight is 332 g/mol. The fraction of sp³-hybridized carbons (Fsp3) is 0.222. The minimum Gasteiger partial charge on any atom is -0.508 e. The number of phenolic OH excluding ortho intramolecular Hbond substituents is 1. The molecule has 4 nitrogen and oxygen atoms in total. The van der Waals surface area contributed by atoms with Crippen molar-refractivity contribution in [3.63, 3.8) is 0 Å². The summed E-state index contributed by atoms with van der Waals surface area (Å²) in [5, 5.41) is 9.72. The molecule has 0 aliphatic heterocycles. The van der Waals surface area contributed by atoms with E-state index < -0.39 is 17.2 Å². The molecule has 0 unspecified atom stereocenters. The maximum atomic E-state index is 14.0. The van der Waals surface area contributed by atoms with Crippen LogP contribution in [-0.2, 0) is 6.54 Å². The van der Waals surface area contributed by atoms with Crippen molar-refractivity contribution in [2.45, 2.75) is 27.3 Å². The van der Waals surface area contributed by atoms with Crippen LogP contribution in [0.2, 0.25) is 0 Å². The van der Waals surface area contributed by atoms with Gasteiger partial charge in [-0.1, -0.05) is 13.8 Å². The molecule has 0 saturated carbocycles. The predicted molar refractivity (Wildman–Crippen MR) is 89.2 cm³/mol. The Morgan fingerprint density at radius 3 is 2.54 bits per heavy atom. The van der Waals surface area contributed by atoms with Gasteiger partial charge in [0.05, 0.1) is 23.8 Å². The molecule has 1 N–H and O–H groups in total. The van der Waals surface area contributed by atoms with Gasteiger partial charge in [0.2, 0.25) is 0 Å². The van der Waals surface area contributed by atoms with Gasteiger partial charge in [-0.15, -0.1) is 0 Å². The summed E-state index contributed by atoms with van der Waals surface area (Å²) in [5.41, 5.74) is 0.837. The molecule has 126 valence electrons. The first-order chi connectivity index (χ1) is 11.5. The van der Waals surface area contributed by atoms with E-state index in [4.69, 9.17) is 0 Å². The standard InChI is InChI=1S/C16H12F2N2O2.C2H6/c1-9-4-10(17)5-14(18)13(9)7-20-8-19-16(22)12-6-11(21)2-3-15(12)20;1-2/h2-6,8,21H,7H2,1H3;1-2H3. The van der Waals surface area contributed by atoms with Crippen LogP contribution in [0.5, 0.6) is 5.75 Å². The van der Waals surface area contributed by atoms with Gasteiger partial charge < -0.3 is 9.67 Å². The molecule has 0 aliphatic carbocycles. The van der Waals surface area contributed by atoms with Gasteiger partial charge >= 0.3 is 0 Å². The van der Waals surface area contributed by atoms with Gasteiger partial charge in [0.1, 0.15) is 17.4 Å². The van der Waals surface area contributed by atoms with Crippen LogP contribution in [0, 0.1) is 18.6 Å². The van der Waals surface area contributed by atoms with Crippen molar-refractivity contribution >= 4 is 10.9 Å². The summed E-state index contributed by atoms with van der Waals surface area (Å²) >= 11 is 0. The Morgan fingerprint density at radius 2 is 1.88 bits per heavy atom. The minimum absolute atomic E-state index is 0.0479. The number of fused-ring (bicyclic) bond motifs is 1. The van der Waals surface area contributed by atoms with Gasteiger partial charge in [-0.3, -0.25) is 4.79 Å². The quantitative estimate of drug-likeness (QED) is 0.777. The predicted octanol–water partition coefficient (Wildman–Crippen LogP) is 3.76. The number of benzene rings is 2. The second kappa shape index (κ2) is 7.21. The molecule has 0 amide bonds. The number of phenols is 1. The van der Waals surface area contributed by atoms with E-state index in [0.717, 1.165) is 6.07 Å². The largest absolute Gasteiger partial charge is 0.508 e. The van der Waals surface area contributed by atoms with Crippen LogP contribution in [0.25, 0.3) is 10.9 Å². The van der Waals surface area contributed by atoms with E-state index in [2.05, 4.69) is 4.98 Å². The Balaban J connectivity index is 0.00000100. The first-order valence-electron chi connectivity index (χ1n) is 7.58. The average Bonchev–Trinajstić information content (AvgIpc) is 2.55. The van der Waals surface area contributed by atoms with Crippen molar-refractivity contribution in [1.82, 2.24) is 9.55 Å². The van der Waals surface area contributed by atoms with E-state index in [1.54, 1.807) is 17.6 Å². The normalized spacial score (nSPS) is 10.4. The van der Waals surface area contributed by atoms with E-state index in [1.807, 2.05) is 13.8 Å². The van der Waals surface area contributed by atoms with E-state index in [-0.39, 0.29) is 17.7 Å². The molecule has 0 radical (unpaired) electrons. The second-order valence-corrected chi connectivity index (χ2v) is 5.06. The molecular weight excluding hydrogens is 314 g/mol. The summed E-state index contributed by atoms with van der Waals surface area (Å²) in [7, 11) is 0. The van der Waals surface area contributed by atoms with Crippen LogP contribution < -0.4 is 5.56 Å². The van der Waals surface area contributed by atoms with Crippen molar-refractivity contribution in [1.29, 1.82) is 0 Å². The van der Waals surface area contributed by atoms with Gasteiger partial charge in [0.15, 0.2) is 0 Å². The molecule has 0 saturated heterocycles. The lowest BCUT2D eigenvalue weighted by Gasteiger charge is -2.13. The van der Waals surface area contributed by atoms with Crippen molar-refractivity contribution < 1.29 is 13.9 Å². The van der Waals surface area contributed by atoms with Crippen LogP contribution in [0.1, 0.15) is 25.0 Å². The Kier molecular flexibility index (Phi) is 5.28. The molecular formula is C18H18F2N2O2. The Hall–Kier alpha value is -2.76. The number of halogens is 2. The highest BCUT2D eigenvalue weighted by Crippen LogP contribution is 2.20. The third kappa shape index (κ3) is 3.42.